The molecule has 0 spiro atoms. The molecule has 0 bridgehead atoms. The van der Waals surface area contributed by atoms with E-state index < -0.39 is 0 Å². The number of fused-ring (bicyclic) bond motifs is 1. The molecule has 3 rings (SSSR count). The molecule has 7 heteroatoms. The van der Waals surface area contributed by atoms with Gasteiger partial charge in [0.1, 0.15) is 0 Å². The molecule has 2 heterocycles. The molecule has 1 saturated heterocycles. The zero-order valence-corrected chi connectivity index (χ0v) is 13.7. The van der Waals surface area contributed by atoms with E-state index in [-0.39, 0.29) is 11.9 Å². The Labute approximate surface area is 140 Å². The van der Waals surface area contributed by atoms with E-state index in [1.165, 1.54) is 0 Å². The number of rotatable bonds is 4. The molecular weight excluding hydrogens is 320 g/mol. The second-order valence-corrected chi connectivity index (χ2v) is 6.07. The van der Waals surface area contributed by atoms with Crippen molar-refractivity contribution in [2.45, 2.75) is 25.4 Å². The molecule has 0 aromatic heterocycles. The molecule has 0 saturated carbocycles. The maximum absolute atomic E-state index is 12.0. The fourth-order valence-electron chi connectivity index (χ4n) is 2.63. The molecule has 0 radical (unpaired) electrons. The summed E-state index contributed by atoms with van der Waals surface area (Å²) in [6, 6.07) is 3.75. The number of amides is 1. The lowest BCUT2D eigenvalue weighted by atomic mass is 10.1. The van der Waals surface area contributed by atoms with Crippen molar-refractivity contribution in [1.82, 2.24) is 10.6 Å². The Balaban J connectivity index is 1.56. The van der Waals surface area contributed by atoms with E-state index in [9.17, 15) is 4.79 Å². The molecule has 2 aliphatic heterocycles. The van der Waals surface area contributed by atoms with Crippen molar-refractivity contribution in [3.63, 3.8) is 0 Å². The first-order chi connectivity index (χ1) is 11.2. The lowest BCUT2D eigenvalue weighted by Gasteiger charge is -2.23. The largest absolute Gasteiger partial charge is 0.489 e. The van der Waals surface area contributed by atoms with Crippen molar-refractivity contribution in [3.05, 3.63) is 22.7 Å². The first kappa shape index (κ1) is 16.4. The number of nitrogens with one attached hydrogen (secondary N) is 2. The van der Waals surface area contributed by atoms with Crippen molar-refractivity contribution in [2.75, 3.05) is 33.0 Å². The van der Waals surface area contributed by atoms with Gasteiger partial charge in [-0.25, -0.2) is 0 Å². The summed E-state index contributed by atoms with van der Waals surface area (Å²) in [7, 11) is 0. The van der Waals surface area contributed by atoms with Gasteiger partial charge < -0.3 is 24.8 Å². The SMILES string of the molecule is O=C(CC1COCCN1)NCc1cc(Cl)c2c(c1)OCCCO2. The minimum Gasteiger partial charge on any atom is -0.489 e. The van der Waals surface area contributed by atoms with Gasteiger partial charge in [0, 0.05) is 32.0 Å². The Morgan fingerprint density at radius 2 is 2.17 bits per heavy atom. The van der Waals surface area contributed by atoms with E-state index in [4.69, 9.17) is 25.8 Å². The number of benzene rings is 1. The minimum absolute atomic E-state index is 0.0174. The number of hydrogen-bond acceptors (Lipinski definition) is 5. The molecule has 23 heavy (non-hydrogen) atoms. The lowest BCUT2D eigenvalue weighted by Crippen LogP contribution is -2.44. The summed E-state index contributed by atoms with van der Waals surface area (Å²) in [4.78, 5) is 12.0. The van der Waals surface area contributed by atoms with E-state index in [1.54, 1.807) is 6.07 Å². The third-order valence-electron chi connectivity index (χ3n) is 3.78. The fraction of sp³-hybridized carbons (Fsp3) is 0.562. The molecule has 2 aliphatic rings. The highest BCUT2D eigenvalue weighted by Crippen LogP contribution is 2.37. The summed E-state index contributed by atoms with van der Waals surface area (Å²) >= 11 is 6.25. The van der Waals surface area contributed by atoms with Crippen molar-refractivity contribution in [3.8, 4) is 11.5 Å². The van der Waals surface area contributed by atoms with Crippen molar-refractivity contribution in [1.29, 1.82) is 0 Å². The molecule has 6 nitrogen and oxygen atoms in total. The highest BCUT2D eigenvalue weighted by Gasteiger charge is 2.18. The molecule has 1 amide bonds. The van der Waals surface area contributed by atoms with E-state index >= 15 is 0 Å². The van der Waals surface area contributed by atoms with Gasteiger partial charge in [-0.15, -0.1) is 0 Å². The van der Waals surface area contributed by atoms with Crippen LogP contribution in [0.5, 0.6) is 11.5 Å². The fourth-order valence-corrected chi connectivity index (χ4v) is 2.92. The maximum Gasteiger partial charge on any atom is 0.221 e. The van der Waals surface area contributed by atoms with Gasteiger partial charge in [0.2, 0.25) is 5.91 Å². The highest BCUT2D eigenvalue weighted by molar-refractivity contribution is 6.32. The van der Waals surface area contributed by atoms with E-state index in [2.05, 4.69) is 10.6 Å². The normalized spacial score (nSPS) is 20.7. The standard InChI is InChI=1S/C16H21ClN2O4/c17-13-6-11(7-14-16(13)23-4-1-3-22-14)9-19-15(20)8-12-10-21-5-2-18-12/h6-7,12,18H,1-5,8-10H2,(H,19,20). The van der Waals surface area contributed by atoms with Crippen LogP contribution < -0.4 is 20.1 Å². The van der Waals surface area contributed by atoms with Crippen LogP contribution in [0.4, 0.5) is 0 Å². The zero-order chi connectivity index (χ0) is 16.1. The second-order valence-electron chi connectivity index (χ2n) is 5.66. The average molecular weight is 341 g/mol. The van der Waals surface area contributed by atoms with Crippen molar-refractivity contribution in [2.24, 2.45) is 0 Å². The third kappa shape index (κ3) is 4.50. The smallest absolute Gasteiger partial charge is 0.221 e. The predicted molar refractivity (Wildman–Crippen MR) is 86.1 cm³/mol. The van der Waals surface area contributed by atoms with Crippen LogP contribution in [0.2, 0.25) is 5.02 Å². The Hall–Kier alpha value is -1.50. The molecule has 1 atom stereocenters. The van der Waals surface area contributed by atoms with Crippen LogP contribution in [0.25, 0.3) is 0 Å². The van der Waals surface area contributed by atoms with Crippen LogP contribution in [0, 0.1) is 0 Å². The van der Waals surface area contributed by atoms with Gasteiger partial charge in [-0.05, 0) is 17.7 Å². The molecule has 1 aromatic carbocycles. The summed E-state index contributed by atoms with van der Waals surface area (Å²) in [6.45, 7) is 3.67. The number of carbonyl (C=O) groups excluding carboxylic acids is 1. The summed E-state index contributed by atoms with van der Waals surface area (Å²) in [6.07, 6.45) is 1.23. The molecule has 1 aromatic rings. The Kier molecular flexibility index (Phi) is 5.59. The van der Waals surface area contributed by atoms with Gasteiger partial charge in [0.05, 0.1) is 31.5 Å². The molecule has 126 valence electrons. The van der Waals surface area contributed by atoms with Crippen LogP contribution in [0.3, 0.4) is 0 Å². The van der Waals surface area contributed by atoms with E-state index in [1.807, 2.05) is 6.07 Å². The lowest BCUT2D eigenvalue weighted by molar-refractivity contribution is -0.122. The van der Waals surface area contributed by atoms with Gasteiger partial charge >= 0.3 is 0 Å². The Bertz CT molecular complexity index is 561. The van der Waals surface area contributed by atoms with Gasteiger partial charge in [0.15, 0.2) is 11.5 Å². The van der Waals surface area contributed by atoms with Gasteiger partial charge in [-0.2, -0.15) is 0 Å². The Morgan fingerprint density at radius 3 is 3.00 bits per heavy atom. The molecule has 1 fully saturated rings. The molecular formula is C16H21ClN2O4. The minimum atomic E-state index is -0.0174. The van der Waals surface area contributed by atoms with Crippen LogP contribution >= 0.6 is 11.6 Å². The number of hydrogen-bond donors (Lipinski definition) is 2. The van der Waals surface area contributed by atoms with Crippen LogP contribution in [0.1, 0.15) is 18.4 Å². The van der Waals surface area contributed by atoms with Gasteiger partial charge in [-0.3, -0.25) is 4.79 Å². The third-order valence-corrected chi connectivity index (χ3v) is 4.06. The monoisotopic (exact) mass is 340 g/mol. The van der Waals surface area contributed by atoms with Crippen LogP contribution in [0.15, 0.2) is 12.1 Å². The molecule has 0 aliphatic carbocycles. The first-order valence-corrected chi connectivity index (χ1v) is 8.26. The average Bonchev–Trinajstić information content (AvgIpc) is 2.80. The van der Waals surface area contributed by atoms with Crippen LogP contribution in [-0.2, 0) is 16.1 Å². The highest BCUT2D eigenvalue weighted by atomic mass is 35.5. The topological polar surface area (TPSA) is 68.8 Å². The summed E-state index contributed by atoms with van der Waals surface area (Å²) < 4.78 is 16.6. The number of morpholine rings is 1. The van der Waals surface area contributed by atoms with Gasteiger partial charge in [0.25, 0.3) is 0 Å². The molecule has 2 N–H and O–H groups in total. The van der Waals surface area contributed by atoms with Gasteiger partial charge in [-0.1, -0.05) is 11.6 Å². The zero-order valence-electron chi connectivity index (χ0n) is 12.9. The predicted octanol–water partition coefficient (Wildman–Crippen LogP) is 1.50. The number of carbonyl (C=O) groups is 1. The number of ether oxygens (including phenoxy) is 3. The van der Waals surface area contributed by atoms with E-state index in [0.717, 1.165) is 18.5 Å². The summed E-state index contributed by atoms with van der Waals surface area (Å²) in [5.74, 6) is 1.21. The second kappa shape index (κ2) is 7.86. The van der Waals surface area contributed by atoms with Crippen LogP contribution in [-0.4, -0.2) is 44.9 Å². The van der Waals surface area contributed by atoms with Crippen molar-refractivity contribution >= 4 is 17.5 Å². The molecule has 1 unspecified atom stereocenters. The quantitative estimate of drug-likeness (QED) is 0.869. The first-order valence-electron chi connectivity index (χ1n) is 7.88. The van der Waals surface area contributed by atoms with Crippen molar-refractivity contribution < 1.29 is 19.0 Å². The summed E-state index contributed by atoms with van der Waals surface area (Å²) in [5, 5.41) is 6.68. The van der Waals surface area contributed by atoms with E-state index in [0.29, 0.717) is 55.9 Å². The summed E-state index contributed by atoms with van der Waals surface area (Å²) in [5.41, 5.74) is 0.889. The maximum atomic E-state index is 12.0. The Morgan fingerprint density at radius 1 is 1.30 bits per heavy atom. The number of halogens is 1.